The zero-order valence-corrected chi connectivity index (χ0v) is 34.9. The molecule has 1 heterocycles. The first-order valence-electron chi connectivity index (χ1n) is 17.2. The van der Waals surface area contributed by atoms with Gasteiger partial charge in [0.2, 0.25) is 0 Å². The Morgan fingerprint density at radius 1 is 0.689 bits per heavy atom. The average Bonchev–Trinajstić information content (AvgIpc) is 3.13. The molecule has 5 rings (SSSR count). The number of carboxylic acids is 4. The number of nitrogens with zero attached hydrogens (tertiary/aromatic N) is 4. The maximum Gasteiger partial charge on any atom is 1.00 e. The summed E-state index contributed by atoms with van der Waals surface area (Å²) in [4.78, 5) is 80.3. The van der Waals surface area contributed by atoms with Gasteiger partial charge in [-0.2, -0.15) is 0 Å². The molecule has 0 saturated heterocycles. The van der Waals surface area contributed by atoms with Crippen molar-refractivity contribution in [1.82, 2.24) is 10.3 Å². The van der Waals surface area contributed by atoms with E-state index in [9.17, 15) is 49.2 Å². The standard InChI is InChI=1S/C39H39N5O13.4Li/c1-22-4-8-28(43(18-34(46)47)19-35(48)49)31(12-22)55-10-11-56-32-13-23(5-9-29(32)44(20-36(50)51)21-37(52)53)17-40-39(54)26-15-25(45)16-33-38(26)41-27-7-6-24(42(2)3)14-30(27)57-33;;;;/h4-9,12-16H,10-11,17-21H2,1-3H3,(H,40,54)(H,46,47)(H,48,49)(H,50,51)(H,52,53);;;;/q;4*+1/p-4. The van der Waals surface area contributed by atoms with Gasteiger partial charge in [-0.3, -0.25) is 9.59 Å². The van der Waals surface area contributed by atoms with Crippen LogP contribution in [0.4, 0.5) is 17.1 Å². The van der Waals surface area contributed by atoms with E-state index in [1.807, 2.05) is 25.1 Å². The van der Waals surface area contributed by atoms with E-state index in [-0.39, 0.29) is 135 Å². The van der Waals surface area contributed by atoms with Crippen LogP contribution in [0.5, 0.6) is 11.5 Å². The molecule has 1 aliphatic heterocycles. The number of anilines is 3. The smallest absolute Gasteiger partial charge is 0.548 e. The third-order valence-corrected chi connectivity index (χ3v) is 8.36. The molecule has 1 N–H and O–H groups in total. The van der Waals surface area contributed by atoms with E-state index in [4.69, 9.17) is 13.9 Å². The fraction of sp³-hybridized carbons (Fsp3) is 0.256. The number of rotatable bonds is 19. The average molecular weight is 809 g/mol. The van der Waals surface area contributed by atoms with E-state index in [1.54, 1.807) is 31.2 Å². The molecule has 3 aromatic rings. The van der Waals surface area contributed by atoms with Crippen molar-refractivity contribution in [3.8, 4) is 23.0 Å². The van der Waals surface area contributed by atoms with Crippen molar-refractivity contribution in [3.63, 3.8) is 0 Å². The molecule has 0 radical (unpaired) electrons. The third kappa shape index (κ3) is 14.9. The first-order chi connectivity index (χ1) is 27.1. The summed E-state index contributed by atoms with van der Waals surface area (Å²) in [5.74, 6) is -6.75. The Morgan fingerprint density at radius 3 is 1.74 bits per heavy atom. The van der Waals surface area contributed by atoms with Crippen molar-refractivity contribution in [3.05, 3.63) is 93.6 Å². The number of nitrogens with one attached hydrogen (secondary N) is 1. The van der Waals surface area contributed by atoms with Gasteiger partial charge in [0.25, 0.3) is 5.91 Å². The Bertz CT molecular complexity index is 2350. The van der Waals surface area contributed by atoms with Crippen LogP contribution in [-0.2, 0) is 25.7 Å². The fourth-order valence-electron chi connectivity index (χ4n) is 5.84. The second kappa shape index (κ2) is 24.5. The zero-order chi connectivity index (χ0) is 41.4. The number of amides is 1. The summed E-state index contributed by atoms with van der Waals surface area (Å²) in [6.45, 7) is -2.13. The summed E-state index contributed by atoms with van der Waals surface area (Å²) < 4.78 is 17.7. The van der Waals surface area contributed by atoms with Crippen LogP contribution in [0.25, 0.3) is 22.6 Å². The van der Waals surface area contributed by atoms with Crippen LogP contribution in [0, 0.1) is 6.92 Å². The van der Waals surface area contributed by atoms with Crippen molar-refractivity contribution in [2.24, 2.45) is 0 Å². The number of aromatic nitrogens is 1. The van der Waals surface area contributed by atoms with E-state index in [2.05, 4.69) is 10.3 Å². The molecule has 0 saturated carbocycles. The van der Waals surface area contributed by atoms with Crippen LogP contribution in [-0.4, -0.2) is 88.3 Å². The fourth-order valence-corrected chi connectivity index (χ4v) is 5.84. The van der Waals surface area contributed by atoms with Gasteiger partial charge in [-0.25, -0.2) is 4.98 Å². The van der Waals surface area contributed by atoms with E-state index in [1.165, 1.54) is 30.3 Å². The molecule has 0 spiro atoms. The Labute approximate surface area is 397 Å². The van der Waals surface area contributed by atoms with Crippen LogP contribution in [0.3, 0.4) is 0 Å². The molecule has 1 aliphatic carbocycles. The van der Waals surface area contributed by atoms with Crippen LogP contribution < -0.4 is 131 Å². The summed E-state index contributed by atoms with van der Waals surface area (Å²) in [6, 6.07) is 16.6. The molecule has 0 atom stereocenters. The topological polar surface area (TPSA) is 261 Å². The monoisotopic (exact) mass is 809 g/mol. The van der Waals surface area contributed by atoms with Crippen molar-refractivity contribution < 1.29 is 134 Å². The van der Waals surface area contributed by atoms with Crippen molar-refractivity contribution >= 4 is 57.9 Å². The normalized spacial score (nSPS) is 10.1. The van der Waals surface area contributed by atoms with Gasteiger partial charge in [-0.1, -0.05) is 12.1 Å². The largest absolute Gasteiger partial charge is 1.00 e. The number of carboxylic acid groups (broad SMARTS) is 4. The van der Waals surface area contributed by atoms with Gasteiger partial charge in [0.05, 0.1) is 67.0 Å². The quantitative estimate of drug-likeness (QED) is 0.0461. The zero-order valence-electron chi connectivity index (χ0n) is 34.9. The maximum absolute atomic E-state index is 13.5. The minimum atomic E-state index is -1.59. The number of hydrogen-bond acceptors (Lipinski definition) is 17. The second-order valence-electron chi connectivity index (χ2n) is 12.9. The number of ether oxygens (including phenoxy) is 2. The van der Waals surface area contributed by atoms with Crippen LogP contribution in [0.15, 0.2) is 75.9 Å². The van der Waals surface area contributed by atoms with Crippen molar-refractivity contribution in [1.29, 1.82) is 0 Å². The van der Waals surface area contributed by atoms with Crippen LogP contribution in [0.1, 0.15) is 21.5 Å². The minimum absolute atomic E-state index is 0. The number of carbonyl (C=O) groups is 5. The van der Waals surface area contributed by atoms with Gasteiger partial charge >= 0.3 is 75.4 Å². The molecule has 22 heteroatoms. The number of benzene rings is 4. The molecule has 18 nitrogen and oxygen atoms in total. The third-order valence-electron chi connectivity index (χ3n) is 8.36. The van der Waals surface area contributed by atoms with Crippen molar-refractivity contribution in [2.45, 2.75) is 13.5 Å². The Hall–Kier alpha value is -4.98. The summed E-state index contributed by atoms with van der Waals surface area (Å²) in [5, 5.41) is 48.5. The molecule has 3 aromatic carbocycles. The van der Waals surface area contributed by atoms with Crippen LogP contribution >= 0.6 is 0 Å². The Kier molecular flexibility index (Phi) is 21.7. The van der Waals surface area contributed by atoms with Gasteiger partial charge in [-0.05, 0) is 54.4 Å². The van der Waals surface area contributed by atoms with Crippen LogP contribution in [0.2, 0.25) is 0 Å². The number of hydrogen-bond donors (Lipinski definition) is 1. The van der Waals surface area contributed by atoms with E-state index >= 15 is 0 Å². The van der Waals surface area contributed by atoms with E-state index in [0.29, 0.717) is 22.2 Å². The van der Waals surface area contributed by atoms with E-state index in [0.717, 1.165) is 21.6 Å². The molecular formula is C39H35Li4N5O13. The van der Waals surface area contributed by atoms with Gasteiger partial charge in [0.15, 0.2) is 16.8 Å². The SMILES string of the molecule is Cc1ccc(N(CC(=O)[O-])CC(=O)[O-])c(OCCOc2cc(CNC(=O)c3cc(=O)cc4oc5cc(N(C)C)ccc5nc3-4)ccc2N(CC(=O)[O-])CC(=O)[O-])c1.[Li+].[Li+].[Li+].[Li+]. The van der Waals surface area contributed by atoms with E-state index < -0.39 is 61.4 Å². The summed E-state index contributed by atoms with van der Waals surface area (Å²) in [6.07, 6.45) is 0. The molecule has 298 valence electrons. The summed E-state index contributed by atoms with van der Waals surface area (Å²) in [7, 11) is 3.71. The number of fused-ring (bicyclic) bond motifs is 2. The molecule has 61 heavy (non-hydrogen) atoms. The van der Waals surface area contributed by atoms with Gasteiger partial charge in [0, 0.05) is 44.5 Å². The maximum atomic E-state index is 13.5. The number of carbonyl (C=O) groups excluding carboxylic acids is 5. The predicted octanol–water partition coefficient (Wildman–Crippen LogP) is -14.3. The number of aliphatic carboxylic acids is 4. The summed E-state index contributed by atoms with van der Waals surface area (Å²) in [5.41, 5.74) is 2.54. The molecule has 0 aromatic heterocycles. The molecule has 0 fully saturated rings. The molecule has 1 amide bonds. The minimum Gasteiger partial charge on any atom is -0.548 e. The Balaban J connectivity index is 0.00000465. The summed E-state index contributed by atoms with van der Waals surface area (Å²) >= 11 is 0. The molecule has 0 unspecified atom stereocenters. The molecule has 0 bridgehead atoms. The first kappa shape index (κ1) is 54.0. The van der Waals surface area contributed by atoms with Crippen molar-refractivity contribution in [2.75, 3.05) is 68.2 Å². The molecular weight excluding hydrogens is 774 g/mol. The Morgan fingerprint density at radius 2 is 1.21 bits per heavy atom. The van der Waals surface area contributed by atoms with Gasteiger partial charge in [0.1, 0.15) is 35.9 Å². The molecule has 2 aliphatic rings. The predicted molar refractivity (Wildman–Crippen MR) is 195 cm³/mol. The second-order valence-corrected chi connectivity index (χ2v) is 12.9. The van der Waals surface area contributed by atoms with Gasteiger partial charge in [-0.15, -0.1) is 0 Å². The van der Waals surface area contributed by atoms with Gasteiger partial charge < -0.3 is 73.5 Å². The first-order valence-corrected chi connectivity index (χ1v) is 17.2. The number of aryl methyl sites for hydroxylation is 1.